The number of methoxy groups -OCH3 is 1. The average molecular weight is 340 g/mol. The summed E-state index contributed by atoms with van der Waals surface area (Å²) in [5, 5.41) is 0. The van der Waals surface area contributed by atoms with Crippen molar-refractivity contribution in [3.8, 4) is 5.75 Å². The molecule has 2 aromatic rings. The normalized spacial score (nSPS) is 16.6. The van der Waals surface area contributed by atoms with Crippen LogP contribution < -0.4 is 9.64 Å². The Hall–Kier alpha value is -2.40. The highest BCUT2D eigenvalue weighted by atomic mass is 16.5. The summed E-state index contributed by atoms with van der Waals surface area (Å²) in [5.41, 5.74) is 1.92. The van der Waals surface area contributed by atoms with E-state index in [2.05, 4.69) is 4.98 Å². The highest BCUT2D eigenvalue weighted by Crippen LogP contribution is 2.22. The molecule has 0 spiro atoms. The highest BCUT2D eigenvalue weighted by molar-refractivity contribution is 5.93. The zero-order valence-electron chi connectivity index (χ0n) is 14.6. The summed E-state index contributed by atoms with van der Waals surface area (Å²) in [6, 6.07) is 11.5. The Balaban J connectivity index is 1.71. The average Bonchev–Trinajstić information content (AvgIpc) is 3.19. The Morgan fingerprint density at radius 2 is 2.00 bits per heavy atom. The number of carbonyl (C=O) groups excluding carboxylic acids is 1. The topological polar surface area (TPSA) is 51.7 Å². The van der Waals surface area contributed by atoms with Gasteiger partial charge in [0.25, 0.3) is 0 Å². The minimum atomic E-state index is 0.109. The molecule has 132 valence electrons. The van der Waals surface area contributed by atoms with Crippen LogP contribution >= 0.6 is 0 Å². The molecule has 1 saturated heterocycles. The van der Waals surface area contributed by atoms with Crippen molar-refractivity contribution in [2.75, 3.05) is 18.6 Å². The molecule has 0 aliphatic carbocycles. The van der Waals surface area contributed by atoms with Gasteiger partial charge in [-0.3, -0.25) is 9.78 Å². The van der Waals surface area contributed by atoms with Crippen molar-refractivity contribution in [2.45, 2.75) is 38.3 Å². The van der Waals surface area contributed by atoms with E-state index in [1.54, 1.807) is 19.5 Å². The maximum atomic E-state index is 12.9. The number of nitrogens with zero attached hydrogens (tertiary/aromatic N) is 2. The second-order valence-corrected chi connectivity index (χ2v) is 6.21. The summed E-state index contributed by atoms with van der Waals surface area (Å²) < 4.78 is 10.8. The van der Waals surface area contributed by atoms with Crippen LogP contribution in [-0.2, 0) is 16.1 Å². The first-order valence-electron chi connectivity index (χ1n) is 8.71. The van der Waals surface area contributed by atoms with E-state index in [1.165, 1.54) is 0 Å². The van der Waals surface area contributed by atoms with Gasteiger partial charge in [0, 0.05) is 31.1 Å². The van der Waals surface area contributed by atoms with E-state index in [9.17, 15) is 4.79 Å². The predicted molar refractivity (Wildman–Crippen MR) is 96.6 cm³/mol. The Morgan fingerprint density at radius 1 is 1.24 bits per heavy atom. The van der Waals surface area contributed by atoms with Gasteiger partial charge >= 0.3 is 0 Å². The molecule has 1 atom stereocenters. The lowest BCUT2D eigenvalue weighted by Gasteiger charge is -2.23. The van der Waals surface area contributed by atoms with E-state index >= 15 is 0 Å². The first-order chi connectivity index (χ1) is 12.3. The van der Waals surface area contributed by atoms with Gasteiger partial charge in [-0.25, -0.2) is 0 Å². The molecule has 5 heteroatoms. The van der Waals surface area contributed by atoms with Crippen LogP contribution in [0.2, 0.25) is 0 Å². The molecule has 1 aromatic heterocycles. The number of rotatable bonds is 7. The van der Waals surface area contributed by atoms with Crippen LogP contribution in [0.25, 0.3) is 0 Å². The van der Waals surface area contributed by atoms with Crippen LogP contribution in [0, 0.1) is 0 Å². The second-order valence-electron chi connectivity index (χ2n) is 6.21. The summed E-state index contributed by atoms with van der Waals surface area (Å²) in [7, 11) is 1.65. The molecule has 0 unspecified atom stereocenters. The van der Waals surface area contributed by atoms with Crippen LogP contribution in [0.1, 0.15) is 31.2 Å². The molecular formula is C20H24N2O3. The zero-order chi connectivity index (χ0) is 17.5. The van der Waals surface area contributed by atoms with Crippen molar-refractivity contribution < 1.29 is 14.3 Å². The number of aromatic nitrogens is 1. The lowest BCUT2D eigenvalue weighted by Crippen LogP contribution is -2.31. The van der Waals surface area contributed by atoms with E-state index in [1.807, 2.05) is 41.3 Å². The van der Waals surface area contributed by atoms with Crippen LogP contribution in [-0.4, -0.2) is 30.7 Å². The molecule has 0 N–H and O–H groups in total. The number of ether oxygens (including phenoxy) is 2. The largest absolute Gasteiger partial charge is 0.497 e. The predicted octanol–water partition coefficient (Wildman–Crippen LogP) is 3.58. The van der Waals surface area contributed by atoms with Crippen molar-refractivity contribution >= 4 is 11.6 Å². The van der Waals surface area contributed by atoms with Gasteiger partial charge in [0.2, 0.25) is 5.91 Å². The molecule has 5 nitrogen and oxygen atoms in total. The molecule has 0 radical (unpaired) electrons. The summed E-state index contributed by atoms with van der Waals surface area (Å²) >= 11 is 0. The number of carbonyl (C=O) groups is 1. The van der Waals surface area contributed by atoms with Gasteiger partial charge in [-0.1, -0.05) is 12.1 Å². The van der Waals surface area contributed by atoms with Crippen molar-refractivity contribution in [1.82, 2.24) is 4.98 Å². The number of hydrogen-bond donors (Lipinski definition) is 0. The Kier molecular flexibility index (Phi) is 6.01. The third-order valence-corrected chi connectivity index (χ3v) is 4.48. The third-order valence-electron chi connectivity index (χ3n) is 4.48. The van der Waals surface area contributed by atoms with Gasteiger partial charge < -0.3 is 14.4 Å². The second kappa shape index (κ2) is 8.62. The van der Waals surface area contributed by atoms with E-state index < -0.39 is 0 Å². The molecule has 0 saturated carbocycles. The van der Waals surface area contributed by atoms with E-state index in [0.29, 0.717) is 13.0 Å². The third kappa shape index (κ3) is 4.79. The molecular weight excluding hydrogens is 316 g/mol. The number of pyridine rings is 1. The number of benzene rings is 1. The van der Waals surface area contributed by atoms with E-state index in [0.717, 1.165) is 42.9 Å². The number of anilines is 1. The minimum absolute atomic E-state index is 0.109. The molecule has 1 amide bonds. The van der Waals surface area contributed by atoms with Crippen LogP contribution in [0.3, 0.4) is 0 Å². The maximum Gasteiger partial charge on any atom is 0.227 e. The fourth-order valence-corrected chi connectivity index (χ4v) is 3.05. The van der Waals surface area contributed by atoms with Crippen LogP contribution in [0.5, 0.6) is 5.75 Å². The van der Waals surface area contributed by atoms with Gasteiger partial charge in [0.1, 0.15) is 5.75 Å². The molecule has 1 aliphatic heterocycles. The van der Waals surface area contributed by atoms with Crippen LogP contribution in [0.15, 0.2) is 48.8 Å². The van der Waals surface area contributed by atoms with Gasteiger partial charge in [-0.15, -0.1) is 0 Å². The number of hydrogen-bond acceptors (Lipinski definition) is 4. The van der Waals surface area contributed by atoms with Gasteiger partial charge in [0.05, 0.1) is 19.8 Å². The van der Waals surface area contributed by atoms with Crippen LogP contribution in [0.4, 0.5) is 5.69 Å². The van der Waals surface area contributed by atoms with Crippen molar-refractivity contribution in [3.63, 3.8) is 0 Å². The Bertz CT molecular complexity index is 667. The summed E-state index contributed by atoms with van der Waals surface area (Å²) in [5.74, 6) is 0.918. The smallest absolute Gasteiger partial charge is 0.227 e. The molecule has 0 bridgehead atoms. The van der Waals surface area contributed by atoms with Crippen molar-refractivity contribution in [3.05, 3.63) is 54.4 Å². The van der Waals surface area contributed by atoms with Crippen molar-refractivity contribution in [1.29, 1.82) is 0 Å². The minimum Gasteiger partial charge on any atom is -0.497 e. The quantitative estimate of drug-likeness (QED) is 0.773. The zero-order valence-corrected chi connectivity index (χ0v) is 14.6. The van der Waals surface area contributed by atoms with Gasteiger partial charge in [-0.2, -0.15) is 0 Å². The highest BCUT2D eigenvalue weighted by Gasteiger charge is 2.21. The summed E-state index contributed by atoms with van der Waals surface area (Å²) in [6.45, 7) is 1.34. The molecule has 1 aromatic carbocycles. The molecule has 1 fully saturated rings. The first kappa shape index (κ1) is 17.4. The Labute approximate surface area is 148 Å². The summed E-state index contributed by atoms with van der Waals surface area (Å²) in [4.78, 5) is 18.7. The lowest BCUT2D eigenvalue weighted by atomic mass is 10.1. The molecule has 1 aliphatic rings. The molecule has 3 rings (SSSR count). The van der Waals surface area contributed by atoms with E-state index in [4.69, 9.17) is 9.47 Å². The standard InChI is InChI=1S/C20H24N2O3/c1-24-18-6-4-16(5-7-18)15-22(17-10-12-21-13-11-17)20(23)9-8-19-3-2-14-25-19/h4-7,10-13,19H,2-3,8-9,14-15H2,1H3/t19-/m1/s1. The van der Waals surface area contributed by atoms with E-state index in [-0.39, 0.29) is 12.0 Å². The fraction of sp³-hybridized carbons (Fsp3) is 0.400. The maximum absolute atomic E-state index is 12.9. The first-order valence-corrected chi connectivity index (χ1v) is 8.71. The fourth-order valence-electron chi connectivity index (χ4n) is 3.05. The summed E-state index contributed by atoms with van der Waals surface area (Å²) in [6.07, 6.45) is 7.07. The SMILES string of the molecule is COc1ccc(CN(C(=O)CC[C@H]2CCCO2)c2ccncc2)cc1. The number of amides is 1. The van der Waals surface area contributed by atoms with Crippen molar-refractivity contribution in [2.24, 2.45) is 0 Å². The Morgan fingerprint density at radius 3 is 2.64 bits per heavy atom. The van der Waals surface area contributed by atoms with Gasteiger partial charge in [-0.05, 0) is 49.1 Å². The lowest BCUT2D eigenvalue weighted by molar-refractivity contribution is -0.119. The molecule has 2 heterocycles. The monoisotopic (exact) mass is 340 g/mol. The van der Waals surface area contributed by atoms with Gasteiger partial charge in [0.15, 0.2) is 0 Å². The molecule has 25 heavy (non-hydrogen) atoms.